The van der Waals surface area contributed by atoms with E-state index in [1.807, 2.05) is 18.2 Å². The fourth-order valence-corrected chi connectivity index (χ4v) is 2.47. The number of Topliss-reactive ketones (excluding diaryl/α,β-unsaturated/α-hetero) is 1. The zero-order valence-electron chi connectivity index (χ0n) is 13.8. The lowest BCUT2D eigenvalue weighted by molar-refractivity contribution is -0.127. The Kier molecular flexibility index (Phi) is 9.07. The topological polar surface area (TPSA) is 66.5 Å². The average molecular weight is 344 g/mol. The summed E-state index contributed by atoms with van der Waals surface area (Å²) in [6.45, 7) is 4.42. The maximum absolute atomic E-state index is 12.0. The van der Waals surface area contributed by atoms with Gasteiger partial charge in [0.2, 0.25) is 5.91 Å². The van der Waals surface area contributed by atoms with E-state index in [4.69, 9.17) is 9.15 Å². The Labute approximate surface area is 138 Å². The van der Waals surface area contributed by atoms with Crippen LogP contribution < -0.4 is 5.32 Å². The van der Waals surface area contributed by atoms with Crippen molar-refractivity contribution in [2.24, 2.45) is 0 Å². The number of halogens is 3. The largest absolute Gasteiger partial charge is 0.329 e. The number of benzene rings is 1. The lowest BCUT2D eigenvalue weighted by Crippen LogP contribution is -2.50. The van der Waals surface area contributed by atoms with Crippen molar-refractivity contribution in [3.05, 3.63) is 47.2 Å². The van der Waals surface area contributed by atoms with E-state index in [1.54, 1.807) is 19.1 Å². The van der Waals surface area contributed by atoms with Crippen molar-refractivity contribution in [1.82, 2.24) is 10.2 Å². The van der Waals surface area contributed by atoms with Crippen LogP contribution in [0.5, 0.6) is 0 Å². The zero-order chi connectivity index (χ0) is 18.9. The molecule has 132 valence electrons. The molecular weight excluding hydrogens is 325 g/mol. The number of urea groups is 1. The normalized spacial score (nSPS) is 16.2. The molecule has 0 radical (unpaired) electrons. The number of rotatable bonds is 2. The molecule has 1 aromatic carbocycles. The number of nitrogens with one attached hydrogen (secondary N) is 1. The molecule has 5 nitrogen and oxygen atoms in total. The minimum Gasteiger partial charge on any atom is -0.311 e. The van der Waals surface area contributed by atoms with Crippen molar-refractivity contribution in [2.75, 3.05) is 7.18 Å². The van der Waals surface area contributed by atoms with Gasteiger partial charge in [-0.3, -0.25) is 18.9 Å². The summed E-state index contributed by atoms with van der Waals surface area (Å²) in [6.07, 6.45) is 0. The predicted molar refractivity (Wildman–Crippen MR) is 82.9 cm³/mol. The molecule has 1 N–H and O–H groups in total. The van der Waals surface area contributed by atoms with E-state index >= 15 is 0 Å². The first-order chi connectivity index (χ1) is 11.4. The third-order valence-corrected chi connectivity index (χ3v) is 3.28. The van der Waals surface area contributed by atoms with Gasteiger partial charge in [0.05, 0.1) is 13.2 Å². The van der Waals surface area contributed by atoms with Gasteiger partial charge in [0, 0.05) is 27.3 Å². The van der Waals surface area contributed by atoms with Gasteiger partial charge in [-0.05, 0) is 19.4 Å². The van der Waals surface area contributed by atoms with Gasteiger partial charge >= 0.3 is 6.03 Å². The summed E-state index contributed by atoms with van der Waals surface area (Å²) in [4.78, 5) is 36.8. The molecule has 0 aliphatic carbocycles. The quantitative estimate of drug-likeness (QED) is 0.892. The molecule has 0 bridgehead atoms. The fraction of sp³-hybridized carbons (Fsp3) is 0.312. The van der Waals surface area contributed by atoms with Crippen LogP contribution in [0.4, 0.5) is 18.3 Å². The number of carbonyl (C=O) groups excluding carboxylic acids is 3. The van der Waals surface area contributed by atoms with E-state index in [9.17, 15) is 18.8 Å². The maximum Gasteiger partial charge on any atom is 0.329 e. The van der Waals surface area contributed by atoms with Crippen molar-refractivity contribution in [3.63, 3.8) is 0 Å². The number of alkyl halides is 1. The van der Waals surface area contributed by atoms with E-state index in [-0.39, 0.29) is 5.78 Å². The molecule has 1 heterocycles. The first-order valence-electron chi connectivity index (χ1n) is 6.83. The summed E-state index contributed by atoms with van der Waals surface area (Å²) in [7, 11) is 0.500. The van der Waals surface area contributed by atoms with Gasteiger partial charge in [-0.25, -0.2) is 4.79 Å². The summed E-state index contributed by atoms with van der Waals surface area (Å²) >= 11 is 0. The lowest BCUT2D eigenvalue weighted by Gasteiger charge is -2.35. The Morgan fingerprint density at radius 3 is 2.00 bits per heavy atom. The van der Waals surface area contributed by atoms with Gasteiger partial charge in [-0.2, -0.15) is 0 Å². The van der Waals surface area contributed by atoms with Crippen LogP contribution in [0.25, 0.3) is 0 Å². The Bertz CT molecular complexity index is 618. The highest BCUT2D eigenvalue weighted by Crippen LogP contribution is 2.33. The van der Waals surface area contributed by atoms with E-state index in [1.165, 1.54) is 13.8 Å². The van der Waals surface area contributed by atoms with Gasteiger partial charge in [0.15, 0.2) is 5.78 Å². The van der Waals surface area contributed by atoms with E-state index in [0.717, 1.165) is 10.5 Å². The number of hydrogen-bond acceptors (Lipinski definition) is 3. The lowest BCUT2D eigenvalue weighted by atomic mass is 9.91. The zero-order valence-corrected chi connectivity index (χ0v) is 13.8. The third kappa shape index (κ3) is 4.68. The number of nitrogens with zero attached hydrogens (tertiary/aromatic N) is 1. The molecule has 0 aromatic heterocycles. The molecule has 1 atom stereocenters. The number of allylic oxidation sites excluding steroid dienone is 1. The highest BCUT2D eigenvalue weighted by molar-refractivity contribution is 6.03. The molecule has 1 unspecified atom stereocenters. The fourth-order valence-electron chi connectivity index (χ4n) is 2.47. The highest BCUT2D eigenvalue weighted by Gasteiger charge is 2.38. The first-order valence-corrected chi connectivity index (χ1v) is 6.83. The number of amides is 3. The predicted octanol–water partition coefficient (Wildman–Crippen LogP) is 3.59. The summed E-state index contributed by atoms with van der Waals surface area (Å²) < 4.78 is 25.5. The molecule has 0 fully saturated rings. The molecular formula is C16H19F3N2O3. The van der Waals surface area contributed by atoms with E-state index in [0.29, 0.717) is 18.4 Å². The smallest absolute Gasteiger partial charge is 0.311 e. The van der Waals surface area contributed by atoms with Crippen molar-refractivity contribution < 1.29 is 27.9 Å². The third-order valence-electron chi connectivity index (χ3n) is 3.28. The Morgan fingerprint density at radius 2 is 1.58 bits per heavy atom. The van der Waals surface area contributed by atoms with Crippen molar-refractivity contribution in [1.29, 1.82) is 0 Å². The van der Waals surface area contributed by atoms with Crippen LogP contribution in [0.2, 0.25) is 0 Å². The van der Waals surface area contributed by atoms with Crippen molar-refractivity contribution in [3.8, 4) is 0 Å². The first kappa shape index (κ1) is 21.4. The van der Waals surface area contributed by atoms with Crippen LogP contribution in [-0.2, 0) is 9.59 Å². The second kappa shape index (κ2) is 10.2. The Morgan fingerprint density at radius 1 is 1.08 bits per heavy atom. The molecule has 0 saturated carbocycles. The van der Waals surface area contributed by atoms with Crippen LogP contribution in [0, 0.1) is 0 Å². The molecule has 1 aliphatic heterocycles. The minimum absolute atomic E-state index is 0.164. The minimum atomic E-state index is -0.667. The van der Waals surface area contributed by atoms with Crippen molar-refractivity contribution in [2.45, 2.75) is 26.8 Å². The van der Waals surface area contributed by atoms with Gasteiger partial charge in [0.1, 0.15) is 0 Å². The Hall–Kier alpha value is -2.64. The Balaban J connectivity index is 0.00000123. The molecule has 0 spiro atoms. The molecule has 3 amide bonds. The molecule has 0 saturated heterocycles. The van der Waals surface area contributed by atoms with Crippen LogP contribution in [-0.4, -0.2) is 29.8 Å². The summed E-state index contributed by atoms with van der Waals surface area (Å²) in [5.74, 6) is -0.565. The average Bonchev–Trinajstić information content (AvgIpc) is 2.57. The molecule has 24 heavy (non-hydrogen) atoms. The molecule has 2 rings (SSSR count). The van der Waals surface area contributed by atoms with E-state index in [2.05, 4.69) is 5.32 Å². The highest BCUT2D eigenvalue weighted by atomic mass is 20.0. The monoisotopic (exact) mass is 344 g/mol. The standard InChI is InChI=1S/C15H16N2O3.CH3F.F2/c1-9-13(10(2)18)14(12-7-5-4-6-8-12)17(11(3)19)15(20)16-9;2*1-2/h4-8,14H,1-3H3,(H,16,20);1H3;. The van der Waals surface area contributed by atoms with Crippen LogP contribution in [0.1, 0.15) is 32.4 Å². The number of ketones is 1. The van der Waals surface area contributed by atoms with Gasteiger partial charge < -0.3 is 5.32 Å². The van der Waals surface area contributed by atoms with Crippen molar-refractivity contribution >= 4 is 17.7 Å². The van der Waals surface area contributed by atoms with Gasteiger partial charge in [-0.15, -0.1) is 0 Å². The van der Waals surface area contributed by atoms with Crippen LogP contribution in [0.15, 0.2) is 41.6 Å². The number of imide groups is 1. The van der Waals surface area contributed by atoms with Crippen LogP contribution in [0.3, 0.4) is 0 Å². The molecule has 1 aromatic rings. The SMILES string of the molecule is CC(=O)C1=C(C)NC(=O)N(C(C)=O)C1c1ccccc1.CF.FF. The summed E-state index contributed by atoms with van der Waals surface area (Å²) in [6, 6.07) is 7.90. The second-order valence-electron chi connectivity index (χ2n) is 4.73. The van der Waals surface area contributed by atoms with Gasteiger partial charge in [-0.1, -0.05) is 30.3 Å². The maximum atomic E-state index is 12.0. The molecule has 8 heteroatoms. The summed E-state index contributed by atoms with van der Waals surface area (Å²) in [5.41, 5.74) is 1.67. The number of carbonyl (C=O) groups is 3. The van der Waals surface area contributed by atoms with Crippen LogP contribution >= 0.6 is 0 Å². The van der Waals surface area contributed by atoms with E-state index < -0.39 is 18.0 Å². The summed E-state index contributed by atoms with van der Waals surface area (Å²) in [5, 5.41) is 2.57. The second-order valence-corrected chi connectivity index (χ2v) is 4.73. The number of hydrogen-bond donors (Lipinski definition) is 1. The molecule has 1 aliphatic rings. The van der Waals surface area contributed by atoms with Gasteiger partial charge in [0.25, 0.3) is 0 Å².